The van der Waals surface area contributed by atoms with Gasteiger partial charge in [-0.25, -0.2) is 0 Å². The van der Waals surface area contributed by atoms with E-state index in [1.54, 1.807) is 35.6 Å². The number of carbonyl (C=O) groups excluding carboxylic acids is 1. The number of benzene rings is 1. The molecule has 0 saturated carbocycles. The minimum Gasteiger partial charge on any atom is -0.492 e. The third kappa shape index (κ3) is 4.94. The summed E-state index contributed by atoms with van der Waals surface area (Å²) in [5.41, 5.74) is 0. The van der Waals surface area contributed by atoms with Gasteiger partial charge in [0.15, 0.2) is 10.6 Å². The zero-order valence-electron chi connectivity index (χ0n) is 13.8. The Morgan fingerprint density at radius 1 is 1.35 bits per heavy atom. The van der Waals surface area contributed by atoms with Crippen molar-refractivity contribution in [3.63, 3.8) is 0 Å². The number of thiophene rings is 1. The topological polar surface area (TPSA) is 71.9 Å². The number of amides is 1. The van der Waals surface area contributed by atoms with Crippen LogP contribution in [0.3, 0.4) is 0 Å². The average molecular weight is 409 g/mol. The summed E-state index contributed by atoms with van der Waals surface area (Å²) in [6.45, 7) is 1.28. The second-order valence-electron chi connectivity index (χ2n) is 5.38. The van der Waals surface area contributed by atoms with Crippen molar-refractivity contribution in [2.75, 3.05) is 13.2 Å². The molecule has 0 fully saturated rings. The number of nitrogens with zero attached hydrogens (tertiary/aromatic N) is 2. The van der Waals surface area contributed by atoms with E-state index in [4.69, 9.17) is 28.6 Å². The van der Waals surface area contributed by atoms with Crippen LogP contribution in [0.25, 0.3) is 10.7 Å². The number of rotatable bonds is 8. The molecule has 6 nitrogen and oxygen atoms in total. The fraction of sp³-hybridized carbons (Fsp3) is 0.235. The van der Waals surface area contributed by atoms with Crippen molar-refractivity contribution >= 4 is 41.1 Å². The summed E-state index contributed by atoms with van der Waals surface area (Å²) in [4.78, 5) is 13.1. The molecule has 26 heavy (non-hydrogen) atoms. The quantitative estimate of drug-likeness (QED) is 0.438. The largest absolute Gasteiger partial charge is 0.492 e. The molecule has 1 aromatic carbocycles. The van der Waals surface area contributed by atoms with Crippen molar-refractivity contribution in [3.05, 3.63) is 51.6 Å². The smallest absolute Gasteiger partial charge is 0.221 e. The first-order valence-electron chi connectivity index (χ1n) is 7.97. The summed E-state index contributed by atoms with van der Waals surface area (Å²) >= 11 is 12.7. The average Bonchev–Trinajstić information content (AvgIpc) is 3.28. The van der Waals surface area contributed by atoms with Gasteiger partial charge >= 0.3 is 0 Å². The molecule has 3 aromatic rings. The first-order valence-corrected chi connectivity index (χ1v) is 9.64. The zero-order chi connectivity index (χ0) is 18.4. The summed E-state index contributed by atoms with van der Waals surface area (Å²) in [6.07, 6.45) is 0.313. The maximum Gasteiger partial charge on any atom is 0.221 e. The van der Waals surface area contributed by atoms with Gasteiger partial charge in [0.1, 0.15) is 12.4 Å². The van der Waals surface area contributed by atoms with Crippen LogP contribution in [0.15, 0.2) is 41.8 Å². The lowest BCUT2D eigenvalue weighted by molar-refractivity contribution is -0.121. The van der Waals surface area contributed by atoms with E-state index in [1.807, 2.05) is 22.1 Å². The molecule has 2 aromatic heterocycles. The van der Waals surface area contributed by atoms with Crippen LogP contribution in [-0.4, -0.2) is 33.8 Å². The highest BCUT2D eigenvalue weighted by Gasteiger charge is 2.11. The Balaban J connectivity index is 1.44. The maximum absolute atomic E-state index is 12.0. The van der Waals surface area contributed by atoms with Crippen LogP contribution in [0, 0.1) is 4.77 Å². The number of aromatic amines is 1. The van der Waals surface area contributed by atoms with E-state index in [9.17, 15) is 4.79 Å². The van der Waals surface area contributed by atoms with Gasteiger partial charge < -0.3 is 10.1 Å². The van der Waals surface area contributed by atoms with Gasteiger partial charge in [0, 0.05) is 18.0 Å². The van der Waals surface area contributed by atoms with Crippen LogP contribution >= 0.6 is 35.2 Å². The second-order valence-corrected chi connectivity index (χ2v) is 7.15. The molecule has 0 aliphatic carbocycles. The van der Waals surface area contributed by atoms with Crippen LogP contribution in [0.4, 0.5) is 0 Å². The summed E-state index contributed by atoms with van der Waals surface area (Å²) in [6, 6.07) is 11.0. The zero-order valence-corrected chi connectivity index (χ0v) is 16.2. The monoisotopic (exact) mass is 408 g/mol. The lowest BCUT2D eigenvalue weighted by atomic mass is 10.3. The van der Waals surface area contributed by atoms with Crippen molar-refractivity contribution in [2.45, 2.75) is 13.0 Å². The van der Waals surface area contributed by atoms with Gasteiger partial charge in [0.2, 0.25) is 5.91 Å². The van der Waals surface area contributed by atoms with Crippen LogP contribution in [-0.2, 0) is 11.3 Å². The van der Waals surface area contributed by atoms with E-state index < -0.39 is 0 Å². The first kappa shape index (κ1) is 18.6. The van der Waals surface area contributed by atoms with Crippen molar-refractivity contribution in [3.8, 4) is 16.5 Å². The van der Waals surface area contributed by atoms with Crippen LogP contribution < -0.4 is 10.1 Å². The van der Waals surface area contributed by atoms with E-state index >= 15 is 0 Å². The molecule has 0 atom stereocenters. The summed E-state index contributed by atoms with van der Waals surface area (Å²) in [5.74, 6) is 1.41. The number of carbonyl (C=O) groups is 1. The van der Waals surface area contributed by atoms with Gasteiger partial charge in [-0.05, 0) is 47.9 Å². The minimum atomic E-state index is -0.0649. The van der Waals surface area contributed by atoms with E-state index in [1.165, 1.54) is 0 Å². The number of hydrogen-bond acceptors (Lipinski definition) is 5. The summed E-state index contributed by atoms with van der Waals surface area (Å²) in [7, 11) is 0. The predicted octanol–water partition coefficient (Wildman–Crippen LogP) is 3.91. The number of halogens is 1. The molecular weight excluding hydrogens is 392 g/mol. The summed E-state index contributed by atoms with van der Waals surface area (Å²) < 4.78 is 7.89. The Morgan fingerprint density at radius 3 is 2.88 bits per heavy atom. The molecule has 2 heterocycles. The van der Waals surface area contributed by atoms with E-state index in [-0.39, 0.29) is 5.91 Å². The molecule has 1 amide bonds. The molecule has 2 N–H and O–H groups in total. The highest BCUT2D eigenvalue weighted by atomic mass is 35.5. The van der Waals surface area contributed by atoms with Gasteiger partial charge in [-0.1, -0.05) is 17.7 Å². The Bertz CT molecular complexity index is 904. The minimum absolute atomic E-state index is 0.0649. The lowest BCUT2D eigenvalue weighted by Crippen LogP contribution is -2.28. The van der Waals surface area contributed by atoms with Crippen molar-refractivity contribution in [2.24, 2.45) is 0 Å². The molecule has 3 rings (SSSR count). The maximum atomic E-state index is 12.0. The Hall–Kier alpha value is -2.16. The highest BCUT2D eigenvalue weighted by molar-refractivity contribution is 7.71. The number of ether oxygens (including phenoxy) is 1. The van der Waals surface area contributed by atoms with Crippen molar-refractivity contribution in [1.29, 1.82) is 0 Å². The number of nitrogens with one attached hydrogen (secondary N) is 2. The Morgan fingerprint density at radius 2 is 2.15 bits per heavy atom. The number of hydrogen-bond donors (Lipinski definition) is 2. The van der Waals surface area contributed by atoms with Gasteiger partial charge in [0.25, 0.3) is 0 Å². The van der Waals surface area contributed by atoms with E-state index in [2.05, 4.69) is 15.5 Å². The third-order valence-electron chi connectivity index (χ3n) is 3.57. The standard InChI is InChI=1S/C17H17ClN4O2S2/c18-12-3-5-13(6-4-12)24-10-8-19-15(23)7-9-22-16(20-21-17(22)25)14-2-1-11-26-14/h1-6,11H,7-10H2,(H,19,23)(H,21,25). The number of aromatic nitrogens is 3. The molecule has 0 spiro atoms. The predicted molar refractivity (Wildman–Crippen MR) is 105 cm³/mol. The normalized spacial score (nSPS) is 10.7. The lowest BCUT2D eigenvalue weighted by Gasteiger charge is -2.09. The van der Waals surface area contributed by atoms with Gasteiger partial charge in [0.05, 0.1) is 11.4 Å². The Kier molecular flexibility index (Phi) is 6.43. The molecule has 0 aliphatic heterocycles. The molecule has 0 bridgehead atoms. The molecule has 0 aliphatic rings. The third-order valence-corrected chi connectivity index (χ3v) is 5.00. The molecule has 136 valence electrons. The van der Waals surface area contributed by atoms with Crippen molar-refractivity contribution < 1.29 is 9.53 Å². The summed E-state index contributed by atoms with van der Waals surface area (Å²) in [5, 5.41) is 12.5. The van der Waals surface area contributed by atoms with Gasteiger partial charge in [-0.2, -0.15) is 5.10 Å². The fourth-order valence-electron chi connectivity index (χ4n) is 2.31. The molecule has 9 heteroatoms. The highest BCUT2D eigenvalue weighted by Crippen LogP contribution is 2.22. The first-order chi connectivity index (χ1) is 12.6. The second kappa shape index (κ2) is 8.98. The van der Waals surface area contributed by atoms with Gasteiger partial charge in [-0.15, -0.1) is 11.3 Å². The van der Waals surface area contributed by atoms with Crippen LogP contribution in [0.2, 0.25) is 5.02 Å². The fourth-order valence-corrected chi connectivity index (χ4v) is 3.38. The van der Waals surface area contributed by atoms with E-state index in [0.717, 1.165) is 10.7 Å². The Labute approximate surface area is 164 Å². The molecule has 0 radical (unpaired) electrons. The van der Waals surface area contributed by atoms with Crippen molar-refractivity contribution in [1.82, 2.24) is 20.1 Å². The SMILES string of the molecule is O=C(CCn1c(-c2cccs2)n[nH]c1=S)NCCOc1ccc(Cl)cc1. The number of H-pyrrole nitrogens is 1. The molecule has 0 saturated heterocycles. The van der Waals surface area contributed by atoms with E-state index in [0.29, 0.717) is 41.7 Å². The van der Waals surface area contributed by atoms with Crippen LogP contribution in [0.5, 0.6) is 5.75 Å². The molecule has 0 unspecified atom stereocenters. The van der Waals surface area contributed by atoms with Crippen LogP contribution in [0.1, 0.15) is 6.42 Å². The molecular formula is C17H17ClN4O2S2. The van der Waals surface area contributed by atoms with Gasteiger partial charge in [-0.3, -0.25) is 14.5 Å².